The highest BCUT2D eigenvalue weighted by Gasteiger charge is 2.36. The highest BCUT2D eigenvalue weighted by atomic mass is 19.1. The second kappa shape index (κ2) is 4.95. The van der Waals surface area contributed by atoms with Crippen molar-refractivity contribution < 1.29 is 9.18 Å². The Hall–Kier alpha value is -1.38. The van der Waals surface area contributed by atoms with E-state index in [0.29, 0.717) is 11.6 Å². The Morgan fingerprint density at radius 2 is 2.05 bits per heavy atom. The lowest BCUT2D eigenvalue weighted by Gasteiger charge is -2.34. The van der Waals surface area contributed by atoms with Gasteiger partial charge in [0.2, 0.25) is 0 Å². The average Bonchev–Trinajstić information content (AvgIpc) is 2.82. The molecule has 2 atom stereocenters. The molecule has 3 heteroatoms. The van der Waals surface area contributed by atoms with Crippen LogP contribution in [0.5, 0.6) is 0 Å². The summed E-state index contributed by atoms with van der Waals surface area (Å²) in [7, 11) is 0. The number of ketones is 1. The zero-order valence-corrected chi connectivity index (χ0v) is 11.4. The van der Waals surface area contributed by atoms with Crippen LogP contribution in [0.4, 0.5) is 10.1 Å². The maximum absolute atomic E-state index is 13.4. The van der Waals surface area contributed by atoms with Crippen molar-refractivity contribution in [3.63, 3.8) is 0 Å². The van der Waals surface area contributed by atoms with E-state index in [-0.39, 0.29) is 11.6 Å². The Labute approximate surface area is 113 Å². The van der Waals surface area contributed by atoms with E-state index >= 15 is 0 Å². The van der Waals surface area contributed by atoms with Crippen LogP contribution >= 0.6 is 0 Å². The Morgan fingerprint density at radius 1 is 1.26 bits per heavy atom. The van der Waals surface area contributed by atoms with Crippen LogP contribution in [0.25, 0.3) is 0 Å². The molecule has 2 nitrogen and oxygen atoms in total. The minimum absolute atomic E-state index is 0.0474. The molecule has 0 amide bonds. The van der Waals surface area contributed by atoms with E-state index < -0.39 is 0 Å². The zero-order chi connectivity index (χ0) is 13.4. The predicted octanol–water partition coefficient (Wildman–Crippen LogP) is 3.80. The molecule has 1 aliphatic carbocycles. The maximum atomic E-state index is 13.4. The molecule has 2 aliphatic rings. The van der Waals surface area contributed by atoms with Crippen LogP contribution in [0.15, 0.2) is 18.2 Å². The van der Waals surface area contributed by atoms with Crippen LogP contribution < -0.4 is 4.90 Å². The minimum atomic E-state index is -0.326. The highest BCUT2D eigenvalue weighted by Crippen LogP contribution is 2.40. The average molecular weight is 261 g/mol. The van der Waals surface area contributed by atoms with Gasteiger partial charge < -0.3 is 4.90 Å². The lowest BCUT2D eigenvalue weighted by atomic mass is 9.85. The van der Waals surface area contributed by atoms with Gasteiger partial charge in [-0.2, -0.15) is 0 Å². The molecule has 1 heterocycles. The molecular formula is C16H20FNO. The zero-order valence-electron chi connectivity index (χ0n) is 11.4. The fraction of sp³-hybridized carbons (Fsp3) is 0.562. The van der Waals surface area contributed by atoms with Crippen molar-refractivity contribution in [2.24, 2.45) is 5.92 Å². The first-order chi connectivity index (χ1) is 9.16. The summed E-state index contributed by atoms with van der Waals surface area (Å²) in [5, 5.41) is 0. The standard InChI is InChI=1S/C16H20FNO/c1-11(19)14-10-13(17)6-7-16(14)18-9-8-12-4-2-3-5-15(12)18/h6-7,10,12,15H,2-5,8-9H2,1H3. The summed E-state index contributed by atoms with van der Waals surface area (Å²) >= 11 is 0. The second-order valence-electron chi connectivity index (χ2n) is 5.81. The van der Waals surface area contributed by atoms with E-state index in [1.807, 2.05) is 0 Å². The van der Waals surface area contributed by atoms with Gasteiger partial charge in [-0.15, -0.1) is 0 Å². The molecule has 2 unspecified atom stereocenters. The molecule has 0 aromatic heterocycles. The van der Waals surface area contributed by atoms with Crippen molar-refractivity contribution in [2.45, 2.75) is 45.1 Å². The number of carbonyl (C=O) groups is 1. The number of halogens is 1. The first kappa shape index (κ1) is 12.6. The third kappa shape index (κ3) is 2.26. The van der Waals surface area contributed by atoms with Crippen molar-refractivity contribution in [3.05, 3.63) is 29.6 Å². The van der Waals surface area contributed by atoms with E-state index in [2.05, 4.69) is 4.90 Å². The molecule has 0 spiro atoms. The van der Waals surface area contributed by atoms with Gasteiger partial charge in [0.1, 0.15) is 5.82 Å². The fourth-order valence-electron chi connectivity index (χ4n) is 3.75. The van der Waals surface area contributed by atoms with Gasteiger partial charge in [-0.05, 0) is 50.3 Å². The van der Waals surface area contributed by atoms with Gasteiger partial charge in [0.25, 0.3) is 0 Å². The summed E-state index contributed by atoms with van der Waals surface area (Å²) in [6, 6.07) is 5.19. The first-order valence-electron chi connectivity index (χ1n) is 7.24. The monoisotopic (exact) mass is 261 g/mol. The van der Waals surface area contributed by atoms with Gasteiger partial charge in [-0.25, -0.2) is 4.39 Å². The third-order valence-corrected chi connectivity index (χ3v) is 4.66. The molecule has 0 radical (unpaired) electrons. The number of rotatable bonds is 2. The topological polar surface area (TPSA) is 20.3 Å². The van der Waals surface area contributed by atoms with Crippen molar-refractivity contribution in [1.29, 1.82) is 0 Å². The van der Waals surface area contributed by atoms with E-state index in [4.69, 9.17) is 0 Å². The lowest BCUT2D eigenvalue weighted by molar-refractivity contribution is 0.101. The van der Waals surface area contributed by atoms with Crippen LogP contribution in [0.3, 0.4) is 0 Å². The van der Waals surface area contributed by atoms with Crippen molar-refractivity contribution in [3.8, 4) is 0 Å². The van der Waals surface area contributed by atoms with Gasteiger partial charge in [0, 0.05) is 23.8 Å². The number of Topliss-reactive ketones (excluding diaryl/α,β-unsaturated/α-hetero) is 1. The van der Waals surface area contributed by atoms with Gasteiger partial charge >= 0.3 is 0 Å². The molecule has 102 valence electrons. The molecular weight excluding hydrogens is 241 g/mol. The van der Waals surface area contributed by atoms with Crippen LogP contribution in [-0.4, -0.2) is 18.4 Å². The number of carbonyl (C=O) groups excluding carboxylic acids is 1. The summed E-state index contributed by atoms with van der Waals surface area (Å²) in [6.45, 7) is 2.52. The first-order valence-corrected chi connectivity index (χ1v) is 7.24. The van der Waals surface area contributed by atoms with Crippen LogP contribution in [0, 0.1) is 11.7 Å². The van der Waals surface area contributed by atoms with E-state index in [0.717, 1.165) is 18.2 Å². The quantitative estimate of drug-likeness (QED) is 0.755. The largest absolute Gasteiger partial charge is 0.368 e. The lowest BCUT2D eigenvalue weighted by Crippen LogP contribution is -2.35. The number of hydrogen-bond acceptors (Lipinski definition) is 2. The van der Waals surface area contributed by atoms with Crippen molar-refractivity contribution >= 4 is 11.5 Å². The Balaban J connectivity index is 1.95. The fourth-order valence-corrected chi connectivity index (χ4v) is 3.75. The molecule has 0 N–H and O–H groups in total. The number of fused-ring (bicyclic) bond motifs is 1. The molecule has 19 heavy (non-hydrogen) atoms. The summed E-state index contributed by atoms with van der Waals surface area (Å²) in [5.41, 5.74) is 1.47. The molecule has 1 saturated heterocycles. The summed E-state index contributed by atoms with van der Waals surface area (Å²) in [5.74, 6) is 0.390. The summed E-state index contributed by atoms with van der Waals surface area (Å²) in [6.07, 6.45) is 6.32. The smallest absolute Gasteiger partial charge is 0.161 e. The van der Waals surface area contributed by atoms with E-state index in [9.17, 15) is 9.18 Å². The molecule has 1 aliphatic heterocycles. The minimum Gasteiger partial charge on any atom is -0.368 e. The molecule has 1 saturated carbocycles. The normalized spacial score (nSPS) is 26.3. The van der Waals surface area contributed by atoms with Crippen LogP contribution in [0.2, 0.25) is 0 Å². The second-order valence-corrected chi connectivity index (χ2v) is 5.81. The van der Waals surface area contributed by atoms with Gasteiger partial charge in [0.05, 0.1) is 0 Å². The number of anilines is 1. The van der Waals surface area contributed by atoms with Gasteiger partial charge in [-0.3, -0.25) is 4.79 Å². The SMILES string of the molecule is CC(=O)c1cc(F)ccc1N1CCC2CCCCC21. The Kier molecular flexibility index (Phi) is 3.29. The Bertz CT molecular complexity index is 500. The summed E-state index contributed by atoms with van der Waals surface area (Å²) < 4.78 is 13.4. The van der Waals surface area contributed by atoms with E-state index in [1.165, 1.54) is 51.2 Å². The molecule has 1 aromatic carbocycles. The highest BCUT2D eigenvalue weighted by molar-refractivity contribution is 5.99. The maximum Gasteiger partial charge on any atom is 0.161 e. The predicted molar refractivity (Wildman–Crippen MR) is 74.1 cm³/mol. The molecule has 0 bridgehead atoms. The van der Waals surface area contributed by atoms with Gasteiger partial charge in [0.15, 0.2) is 5.78 Å². The summed E-state index contributed by atoms with van der Waals surface area (Å²) in [4.78, 5) is 14.1. The van der Waals surface area contributed by atoms with Crippen molar-refractivity contribution in [1.82, 2.24) is 0 Å². The molecule has 1 aromatic rings. The third-order valence-electron chi connectivity index (χ3n) is 4.66. The van der Waals surface area contributed by atoms with E-state index in [1.54, 1.807) is 6.07 Å². The number of hydrogen-bond donors (Lipinski definition) is 0. The van der Waals surface area contributed by atoms with Crippen molar-refractivity contribution in [2.75, 3.05) is 11.4 Å². The van der Waals surface area contributed by atoms with Gasteiger partial charge in [-0.1, -0.05) is 12.8 Å². The van der Waals surface area contributed by atoms with Crippen LogP contribution in [0.1, 0.15) is 49.4 Å². The van der Waals surface area contributed by atoms with Crippen LogP contribution in [-0.2, 0) is 0 Å². The molecule has 3 rings (SSSR count). The molecule has 2 fully saturated rings. The number of nitrogens with zero attached hydrogens (tertiary/aromatic N) is 1. The number of benzene rings is 1. The Morgan fingerprint density at radius 3 is 2.84 bits per heavy atom.